The predicted octanol–water partition coefficient (Wildman–Crippen LogP) is 6.94. The molecule has 4 heterocycles. The quantitative estimate of drug-likeness (QED) is 0.0167. The van der Waals surface area contributed by atoms with Crippen molar-refractivity contribution >= 4 is 72.8 Å². The number of unbranched alkanes of at least 4 members (excludes halogenated alkanes) is 5. The molecule has 0 aromatic heterocycles. The smallest absolute Gasteiger partial charge is 0.315 e. The molecule has 0 saturated carbocycles. The summed E-state index contributed by atoms with van der Waals surface area (Å²) in [6.07, 6.45) is 14.5. The van der Waals surface area contributed by atoms with Crippen molar-refractivity contribution in [2.75, 3.05) is 43.4 Å². The van der Waals surface area contributed by atoms with Gasteiger partial charge in [-0.2, -0.15) is 33.2 Å². The van der Waals surface area contributed by atoms with E-state index in [2.05, 4.69) is 36.1 Å². The Hall–Kier alpha value is -5.74. The van der Waals surface area contributed by atoms with E-state index in [1.54, 1.807) is 24.3 Å². The fourth-order valence-corrected chi connectivity index (χ4v) is 13.3. The van der Waals surface area contributed by atoms with Crippen LogP contribution in [-0.4, -0.2) is 121 Å². The minimum absolute atomic E-state index is 0.0395. The van der Waals surface area contributed by atoms with Gasteiger partial charge in [-0.3, -0.25) is 23.5 Å². The summed E-state index contributed by atoms with van der Waals surface area (Å²) in [6.45, 7) is 10.3. The van der Waals surface area contributed by atoms with Crippen LogP contribution in [0.4, 0.5) is 16.2 Å². The van der Waals surface area contributed by atoms with Crippen LogP contribution in [0.1, 0.15) is 121 Å². The number of rotatable bonds is 27. The molecule has 0 radical (unpaired) electrons. The molecule has 2 saturated heterocycles. The zero-order valence-corrected chi connectivity index (χ0v) is 46.3. The number of allylic oxidation sites excluding steroid dienone is 4. The Bertz CT molecular complexity index is 2960. The van der Waals surface area contributed by atoms with Crippen LogP contribution in [0.25, 0.3) is 0 Å². The average Bonchev–Trinajstić information content (AvgIpc) is 4.13. The third kappa shape index (κ3) is 14.6. The SMILES string of the molecule is CC1(C)C(=CC=CC2=[N+](CCCCCC(=O)NCCNC(=O)CCCC[C@H]3SC[C@H]4NC(=O)N[C@H]43)c3ccc(S(=O)(=O)O)cc3C2(C)C)N(CCCCCC(=O)NCCc2ccc(O)cc2)c2ccc(S(=O)(=O)O)cc21. The molecule has 412 valence electrons. The van der Waals surface area contributed by atoms with Crippen molar-refractivity contribution in [3.05, 3.63) is 101 Å². The number of nitrogens with zero attached hydrogens (tertiary/aromatic N) is 2. The number of phenols is 1. The minimum Gasteiger partial charge on any atom is -0.508 e. The van der Waals surface area contributed by atoms with E-state index < -0.39 is 31.1 Å². The standard InChI is InChI=1S/C55H73N7O11S3/c1-54(2)41-34-39(75(68,69)70)24-26-44(41)61(32-11-5-7-17-49(64)56-29-28-37-20-22-38(63)23-21-37)47(54)15-13-16-48-55(3,4)42-35-40(76(71,72)73)25-27-45(42)62(48)33-12-6-8-18-50(65)57-30-31-58-51(66)19-10-9-14-46-52-43(36-74-46)59-53(67)60-52/h13,15-16,20-27,34-35,43,46,52H,5-12,14,17-19,28-33,36H2,1-4H3,(H7-,56,57,58,59,60,63,64,65,66,67,68,69,70,71,72,73)/p+1/t43-,46-,52-/m1/s1. The van der Waals surface area contributed by atoms with E-state index in [-0.39, 0.29) is 51.4 Å². The van der Waals surface area contributed by atoms with Crippen LogP contribution in [-0.2, 0) is 51.9 Å². The van der Waals surface area contributed by atoms with Gasteiger partial charge in [-0.05, 0) is 118 Å². The summed E-state index contributed by atoms with van der Waals surface area (Å²) in [5.41, 5.74) is 4.42. The molecule has 3 aromatic carbocycles. The number of nitrogens with one attached hydrogen (secondary N) is 5. The van der Waals surface area contributed by atoms with Crippen molar-refractivity contribution in [3.63, 3.8) is 0 Å². The van der Waals surface area contributed by atoms with Crippen LogP contribution >= 0.6 is 11.8 Å². The van der Waals surface area contributed by atoms with Crippen molar-refractivity contribution in [2.24, 2.45) is 0 Å². The Kier molecular flexibility index (Phi) is 19.2. The van der Waals surface area contributed by atoms with Crippen LogP contribution in [0, 0.1) is 0 Å². The number of hydrogen-bond acceptors (Lipinski definition) is 11. The zero-order chi connectivity index (χ0) is 54.8. The fraction of sp³-hybridized carbons (Fsp3) is 0.509. The van der Waals surface area contributed by atoms with Crippen LogP contribution in [0.2, 0.25) is 0 Å². The lowest BCUT2D eigenvalue weighted by molar-refractivity contribution is -0.438. The van der Waals surface area contributed by atoms with Crippen LogP contribution in [0.3, 0.4) is 0 Å². The third-order valence-electron chi connectivity index (χ3n) is 14.9. The number of urea groups is 1. The molecule has 4 aliphatic heterocycles. The molecule has 18 nitrogen and oxygen atoms in total. The second kappa shape index (κ2) is 25.2. The van der Waals surface area contributed by atoms with E-state index in [1.165, 1.54) is 24.3 Å². The third-order valence-corrected chi connectivity index (χ3v) is 18.1. The average molecular weight is 1110 g/mol. The number of phenolic OH excluding ortho intramolecular Hbond substituents is 1. The van der Waals surface area contributed by atoms with Crippen molar-refractivity contribution in [2.45, 2.75) is 149 Å². The van der Waals surface area contributed by atoms with Crippen molar-refractivity contribution in [1.29, 1.82) is 0 Å². The Morgan fingerprint density at radius 3 is 1.97 bits per heavy atom. The van der Waals surface area contributed by atoms with E-state index in [0.29, 0.717) is 82.9 Å². The summed E-state index contributed by atoms with van der Waals surface area (Å²) in [5, 5.41) is 24.6. The van der Waals surface area contributed by atoms with Gasteiger partial charge in [-0.15, -0.1) is 0 Å². The number of aromatic hydroxyl groups is 1. The van der Waals surface area contributed by atoms with Gasteiger partial charge in [-0.25, -0.2) is 4.79 Å². The van der Waals surface area contributed by atoms with Crippen molar-refractivity contribution < 1.29 is 54.8 Å². The van der Waals surface area contributed by atoms with E-state index in [9.17, 15) is 50.2 Å². The first-order valence-corrected chi connectivity index (χ1v) is 30.3. The first-order chi connectivity index (χ1) is 36.0. The molecule has 0 spiro atoms. The topological polar surface area (TPSA) is 264 Å². The lowest BCUT2D eigenvalue weighted by Gasteiger charge is -2.27. The monoisotopic (exact) mass is 1100 g/mol. The molecule has 5 amide bonds. The summed E-state index contributed by atoms with van der Waals surface area (Å²) in [5.74, 6) is 0.895. The molecule has 2 fully saturated rings. The van der Waals surface area contributed by atoms with Gasteiger partial charge in [0, 0.05) is 97.4 Å². The van der Waals surface area contributed by atoms with Gasteiger partial charge in [0.25, 0.3) is 20.2 Å². The maximum absolute atomic E-state index is 12.8. The van der Waals surface area contributed by atoms with Gasteiger partial charge in [0.1, 0.15) is 12.3 Å². The highest BCUT2D eigenvalue weighted by atomic mass is 32.2. The summed E-state index contributed by atoms with van der Waals surface area (Å²) < 4.78 is 71.4. The highest BCUT2D eigenvalue weighted by Gasteiger charge is 2.46. The summed E-state index contributed by atoms with van der Waals surface area (Å²) in [4.78, 5) is 51.2. The maximum atomic E-state index is 12.8. The van der Waals surface area contributed by atoms with Crippen LogP contribution in [0.5, 0.6) is 5.75 Å². The number of hydrogen-bond donors (Lipinski definition) is 8. The zero-order valence-electron chi connectivity index (χ0n) is 43.9. The number of benzene rings is 3. The highest BCUT2D eigenvalue weighted by molar-refractivity contribution is 8.00. The molecular weight excluding hydrogens is 1030 g/mol. The van der Waals surface area contributed by atoms with Crippen LogP contribution < -0.4 is 31.5 Å². The van der Waals surface area contributed by atoms with Gasteiger partial charge < -0.3 is 36.6 Å². The van der Waals surface area contributed by atoms with Gasteiger partial charge in [0.05, 0.1) is 27.3 Å². The van der Waals surface area contributed by atoms with Crippen molar-refractivity contribution in [1.82, 2.24) is 26.6 Å². The second-order valence-corrected chi connectivity index (χ2v) is 25.2. The molecule has 7 rings (SSSR count). The van der Waals surface area contributed by atoms with E-state index in [0.717, 1.165) is 83.8 Å². The molecule has 76 heavy (non-hydrogen) atoms. The van der Waals surface area contributed by atoms with Crippen LogP contribution in [0.15, 0.2) is 94.4 Å². The number of carbonyl (C=O) groups is 4. The normalized spacial score (nSPS) is 19.9. The van der Waals surface area contributed by atoms with Gasteiger partial charge in [0.15, 0.2) is 5.71 Å². The summed E-state index contributed by atoms with van der Waals surface area (Å²) >= 11 is 1.86. The molecule has 0 aliphatic carbocycles. The Morgan fingerprint density at radius 2 is 1.33 bits per heavy atom. The number of thioether (sulfide) groups is 1. The molecule has 3 atom stereocenters. The molecular formula is C55H74N7O11S3+. The van der Waals surface area contributed by atoms with E-state index in [1.807, 2.05) is 69.8 Å². The number of anilines is 1. The van der Waals surface area contributed by atoms with E-state index >= 15 is 0 Å². The Labute approximate surface area is 451 Å². The van der Waals surface area contributed by atoms with Gasteiger partial charge in [0.2, 0.25) is 23.4 Å². The maximum Gasteiger partial charge on any atom is 0.315 e. The van der Waals surface area contributed by atoms with Gasteiger partial charge in [-0.1, -0.05) is 44.9 Å². The lowest BCUT2D eigenvalue weighted by atomic mass is 9.81. The Morgan fingerprint density at radius 1 is 0.737 bits per heavy atom. The second-order valence-electron chi connectivity index (χ2n) is 21.1. The Balaban J connectivity index is 0.947. The minimum atomic E-state index is -4.49. The highest BCUT2D eigenvalue weighted by Crippen LogP contribution is 2.49. The molecule has 3 aromatic rings. The lowest BCUT2D eigenvalue weighted by Crippen LogP contribution is -2.36. The number of fused-ring (bicyclic) bond motifs is 3. The largest absolute Gasteiger partial charge is 0.508 e. The first-order valence-electron chi connectivity index (χ1n) is 26.4. The number of amides is 5. The predicted molar refractivity (Wildman–Crippen MR) is 295 cm³/mol. The molecule has 21 heteroatoms. The number of carbonyl (C=O) groups excluding carboxylic acids is 4. The molecule has 4 aliphatic rings. The fourth-order valence-electron chi connectivity index (χ4n) is 10.8. The first kappa shape index (κ1) is 58.0. The summed E-state index contributed by atoms with van der Waals surface area (Å²) in [7, 11) is -8.98. The molecule has 0 bridgehead atoms. The molecule has 0 unspecified atom stereocenters. The summed E-state index contributed by atoms with van der Waals surface area (Å²) in [6, 6.07) is 16.4. The van der Waals surface area contributed by atoms with Gasteiger partial charge >= 0.3 is 6.03 Å². The van der Waals surface area contributed by atoms with E-state index in [4.69, 9.17) is 0 Å². The van der Waals surface area contributed by atoms with Crippen molar-refractivity contribution in [3.8, 4) is 5.75 Å². The molecule has 8 N–H and O–H groups in total.